The van der Waals surface area contributed by atoms with Gasteiger partial charge in [0.15, 0.2) is 0 Å². The maximum Gasteiger partial charge on any atom is 0.270 e. The molecule has 0 aliphatic carbocycles. The lowest BCUT2D eigenvalue weighted by molar-refractivity contribution is -0.121. The number of hydrogen-bond donors (Lipinski definition) is 0. The minimum atomic E-state index is -0.270. The van der Waals surface area contributed by atoms with Gasteiger partial charge in [-0.2, -0.15) is 5.26 Å². The number of aromatic nitrogens is 1. The Bertz CT molecular complexity index is 1270. The quantitative estimate of drug-likeness (QED) is 0.437. The Labute approximate surface area is 215 Å². The first-order valence-electron chi connectivity index (χ1n) is 11.8. The van der Waals surface area contributed by atoms with Gasteiger partial charge in [-0.15, -0.1) is 0 Å². The SMILES string of the molecule is CCCn1c(N2CCN(Cc3ccccc3)CC2)c(/C=C2\SC(=S)N(C)C2=O)c(C)c(C#N)c1=O. The molecular weight excluding hydrogens is 478 g/mol. The summed E-state index contributed by atoms with van der Waals surface area (Å²) in [5.41, 5.74) is 2.49. The summed E-state index contributed by atoms with van der Waals surface area (Å²) in [6.45, 7) is 8.40. The molecular formula is C26H29N5O2S2. The zero-order chi connectivity index (χ0) is 25.1. The van der Waals surface area contributed by atoms with Crippen molar-refractivity contribution in [2.45, 2.75) is 33.4 Å². The lowest BCUT2D eigenvalue weighted by Crippen LogP contribution is -2.48. The fraction of sp³-hybridized carbons (Fsp3) is 0.385. The van der Waals surface area contributed by atoms with Gasteiger partial charge in [-0.1, -0.05) is 61.2 Å². The number of piperazine rings is 1. The number of benzene rings is 1. The number of carbonyl (C=O) groups excluding carboxylic acids is 1. The molecule has 2 aliphatic heterocycles. The molecule has 1 aromatic carbocycles. The molecule has 2 aromatic rings. The lowest BCUT2D eigenvalue weighted by atomic mass is 10.0. The van der Waals surface area contributed by atoms with Crippen LogP contribution in [-0.4, -0.2) is 57.8 Å². The third kappa shape index (κ3) is 5.06. The molecule has 1 aromatic heterocycles. The van der Waals surface area contributed by atoms with Crippen molar-refractivity contribution in [2.24, 2.45) is 0 Å². The maximum atomic E-state index is 13.3. The number of hydrogen-bond acceptors (Lipinski definition) is 7. The van der Waals surface area contributed by atoms with Crippen LogP contribution in [0.1, 0.15) is 35.6 Å². The van der Waals surface area contributed by atoms with Crippen molar-refractivity contribution in [2.75, 3.05) is 38.1 Å². The van der Waals surface area contributed by atoms with Crippen LogP contribution in [0.4, 0.5) is 5.82 Å². The molecule has 35 heavy (non-hydrogen) atoms. The molecule has 0 unspecified atom stereocenters. The Balaban J connectivity index is 1.74. The van der Waals surface area contributed by atoms with Gasteiger partial charge in [0.05, 0.1) is 4.91 Å². The van der Waals surface area contributed by atoms with Crippen molar-refractivity contribution in [1.29, 1.82) is 5.26 Å². The Kier molecular flexibility index (Phi) is 7.75. The molecule has 182 valence electrons. The molecule has 2 fully saturated rings. The number of anilines is 1. The highest BCUT2D eigenvalue weighted by molar-refractivity contribution is 8.26. The number of carbonyl (C=O) groups is 1. The summed E-state index contributed by atoms with van der Waals surface area (Å²) in [7, 11) is 1.66. The summed E-state index contributed by atoms with van der Waals surface area (Å²) in [6.07, 6.45) is 2.57. The highest BCUT2D eigenvalue weighted by Gasteiger charge is 2.31. The van der Waals surface area contributed by atoms with Crippen LogP contribution in [0, 0.1) is 18.3 Å². The van der Waals surface area contributed by atoms with Crippen LogP contribution in [0.5, 0.6) is 0 Å². The third-order valence-electron chi connectivity index (χ3n) is 6.48. The second-order valence-electron chi connectivity index (χ2n) is 8.80. The van der Waals surface area contributed by atoms with Crippen molar-refractivity contribution < 1.29 is 4.79 Å². The standard InChI is InChI=1S/C26H29N5O2S2/c1-4-10-31-23(30-13-11-29(12-14-30)17-19-8-6-5-7-9-19)20(18(2)21(16-27)24(31)32)15-22-25(33)28(3)26(34)35-22/h5-9,15H,4,10-14,17H2,1-3H3/b22-15-. The molecule has 1 amide bonds. The molecule has 3 heterocycles. The number of rotatable bonds is 6. The average Bonchev–Trinajstić information content (AvgIpc) is 3.10. The molecule has 0 radical (unpaired) electrons. The first-order chi connectivity index (χ1) is 16.8. The molecule has 2 saturated heterocycles. The number of thiocarbonyl (C=S) groups is 1. The van der Waals surface area contributed by atoms with E-state index in [1.54, 1.807) is 18.5 Å². The van der Waals surface area contributed by atoms with Gasteiger partial charge in [0, 0.05) is 51.9 Å². The van der Waals surface area contributed by atoms with E-state index in [0.29, 0.717) is 21.3 Å². The summed E-state index contributed by atoms with van der Waals surface area (Å²) in [5, 5.41) is 9.78. The smallest absolute Gasteiger partial charge is 0.270 e. The van der Waals surface area contributed by atoms with E-state index in [-0.39, 0.29) is 17.0 Å². The average molecular weight is 508 g/mol. The number of amides is 1. The Hall–Kier alpha value is -2.93. The van der Waals surface area contributed by atoms with E-state index in [1.165, 1.54) is 22.2 Å². The Morgan fingerprint density at radius 1 is 1.14 bits per heavy atom. The second kappa shape index (κ2) is 10.8. The van der Waals surface area contributed by atoms with Crippen LogP contribution in [0.3, 0.4) is 0 Å². The van der Waals surface area contributed by atoms with Crippen molar-refractivity contribution in [3.8, 4) is 6.07 Å². The number of nitrogens with zero attached hydrogens (tertiary/aromatic N) is 5. The summed E-state index contributed by atoms with van der Waals surface area (Å²) >= 11 is 6.56. The van der Waals surface area contributed by atoms with Crippen LogP contribution < -0.4 is 10.5 Å². The van der Waals surface area contributed by atoms with Gasteiger partial charge in [0.2, 0.25) is 0 Å². The molecule has 0 spiro atoms. The first kappa shape index (κ1) is 25.2. The van der Waals surface area contributed by atoms with E-state index >= 15 is 0 Å². The van der Waals surface area contributed by atoms with E-state index in [1.807, 2.05) is 19.1 Å². The Morgan fingerprint density at radius 3 is 2.40 bits per heavy atom. The molecule has 0 N–H and O–H groups in total. The van der Waals surface area contributed by atoms with E-state index in [4.69, 9.17) is 12.2 Å². The summed E-state index contributed by atoms with van der Waals surface area (Å²) in [4.78, 5) is 32.7. The van der Waals surface area contributed by atoms with Crippen molar-refractivity contribution >= 4 is 46.1 Å². The summed E-state index contributed by atoms with van der Waals surface area (Å²) in [6, 6.07) is 12.5. The van der Waals surface area contributed by atoms with Crippen molar-refractivity contribution in [3.63, 3.8) is 0 Å². The lowest BCUT2D eigenvalue weighted by Gasteiger charge is -2.38. The molecule has 0 saturated carbocycles. The maximum absolute atomic E-state index is 13.3. The van der Waals surface area contributed by atoms with Crippen LogP contribution in [0.2, 0.25) is 0 Å². The number of nitriles is 1. The van der Waals surface area contributed by atoms with Gasteiger partial charge < -0.3 is 4.90 Å². The minimum Gasteiger partial charge on any atom is -0.355 e. The van der Waals surface area contributed by atoms with Crippen molar-refractivity contribution in [3.05, 3.63) is 67.8 Å². The number of thioether (sulfide) groups is 1. The minimum absolute atomic E-state index is 0.128. The van der Waals surface area contributed by atoms with Crippen LogP contribution >= 0.6 is 24.0 Å². The van der Waals surface area contributed by atoms with Crippen LogP contribution in [0.15, 0.2) is 40.0 Å². The highest BCUT2D eigenvalue weighted by Crippen LogP contribution is 2.35. The van der Waals surface area contributed by atoms with Crippen molar-refractivity contribution in [1.82, 2.24) is 14.4 Å². The van der Waals surface area contributed by atoms with E-state index < -0.39 is 0 Å². The topological polar surface area (TPSA) is 72.6 Å². The zero-order valence-corrected chi connectivity index (χ0v) is 21.9. The highest BCUT2D eigenvalue weighted by atomic mass is 32.2. The number of pyridine rings is 1. The van der Waals surface area contributed by atoms with Gasteiger partial charge in [0.1, 0.15) is 21.8 Å². The first-order valence-corrected chi connectivity index (χ1v) is 13.0. The van der Waals surface area contributed by atoms with E-state index in [0.717, 1.165) is 50.5 Å². The second-order valence-corrected chi connectivity index (χ2v) is 10.5. The van der Waals surface area contributed by atoms with Gasteiger partial charge in [-0.25, -0.2) is 0 Å². The number of likely N-dealkylation sites (N-methyl/N-ethyl adjacent to an activating group) is 1. The monoisotopic (exact) mass is 507 g/mol. The van der Waals surface area contributed by atoms with Crippen LogP contribution in [0.25, 0.3) is 6.08 Å². The van der Waals surface area contributed by atoms with Gasteiger partial charge >= 0.3 is 0 Å². The van der Waals surface area contributed by atoms with E-state index in [2.05, 4.69) is 40.1 Å². The summed E-state index contributed by atoms with van der Waals surface area (Å²) in [5.74, 6) is 0.624. The molecule has 7 nitrogen and oxygen atoms in total. The normalized spacial score (nSPS) is 17.9. The third-order valence-corrected chi connectivity index (χ3v) is 7.96. The largest absolute Gasteiger partial charge is 0.355 e. The summed E-state index contributed by atoms with van der Waals surface area (Å²) < 4.78 is 2.22. The van der Waals surface area contributed by atoms with Crippen LogP contribution in [-0.2, 0) is 17.9 Å². The molecule has 4 rings (SSSR count). The Morgan fingerprint density at radius 2 is 1.83 bits per heavy atom. The molecule has 0 atom stereocenters. The predicted molar refractivity (Wildman–Crippen MR) is 145 cm³/mol. The van der Waals surface area contributed by atoms with Gasteiger partial charge in [-0.05, 0) is 30.5 Å². The molecule has 9 heteroatoms. The van der Waals surface area contributed by atoms with E-state index in [9.17, 15) is 14.9 Å². The molecule has 2 aliphatic rings. The van der Waals surface area contributed by atoms with Gasteiger partial charge in [0.25, 0.3) is 11.5 Å². The van der Waals surface area contributed by atoms with Gasteiger partial charge in [-0.3, -0.25) is 24.0 Å². The fourth-order valence-corrected chi connectivity index (χ4v) is 5.71. The zero-order valence-electron chi connectivity index (χ0n) is 20.3. The predicted octanol–water partition coefficient (Wildman–Crippen LogP) is 3.59. The fourth-order valence-electron chi connectivity index (χ4n) is 4.55. The molecule has 0 bridgehead atoms.